The van der Waals surface area contributed by atoms with E-state index in [9.17, 15) is 22.4 Å². The maximum atomic E-state index is 13.6. The average molecular weight is 341 g/mol. The molecule has 0 bridgehead atoms. The molecule has 124 valence electrons. The summed E-state index contributed by atoms with van der Waals surface area (Å²) in [5.74, 6) is -1.69. The average Bonchev–Trinajstić information content (AvgIpc) is 3.22. The molecule has 1 unspecified atom stereocenters. The lowest BCUT2D eigenvalue weighted by atomic mass is 9.95. The highest BCUT2D eigenvalue weighted by molar-refractivity contribution is 5.95. The molecule has 0 heterocycles. The zero-order valence-corrected chi connectivity index (χ0v) is 12.7. The first-order valence-corrected chi connectivity index (χ1v) is 6.57. The first kappa shape index (κ1) is 18.7. The molecule has 1 aromatic carbocycles. The van der Waals surface area contributed by atoms with E-state index >= 15 is 0 Å². The van der Waals surface area contributed by atoms with Gasteiger partial charge in [0.1, 0.15) is 5.82 Å². The van der Waals surface area contributed by atoms with Gasteiger partial charge in [0.15, 0.2) is 0 Å². The zero-order valence-electron chi connectivity index (χ0n) is 11.8. The van der Waals surface area contributed by atoms with Crippen LogP contribution in [-0.2, 0) is 6.18 Å². The minimum atomic E-state index is -4.63. The Labute approximate surface area is 131 Å². The predicted molar refractivity (Wildman–Crippen MR) is 76.3 cm³/mol. The Kier molecular flexibility index (Phi) is 5.46. The highest BCUT2D eigenvalue weighted by Gasteiger charge is 2.42. The Hall–Kier alpha value is -1.34. The second-order valence-electron chi connectivity index (χ2n) is 5.54. The van der Waals surface area contributed by atoms with Gasteiger partial charge < -0.3 is 11.1 Å². The van der Waals surface area contributed by atoms with Gasteiger partial charge in [0, 0.05) is 6.54 Å². The van der Waals surface area contributed by atoms with Crippen molar-refractivity contribution in [3.05, 3.63) is 35.1 Å². The van der Waals surface area contributed by atoms with Crippen molar-refractivity contribution in [3.63, 3.8) is 0 Å². The molecule has 3 nitrogen and oxygen atoms in total. The third kappa shape index (κ3) is 3.89. The molecule has 1 amide bonds. The van der Waals surface area contributed by atoms with E-state index in [-0.39, 0.29) is 24.9 Å². The van der Waals surface area contributed by atoms with E-state index in [1.165, 1.54) is 0 Å². The number of carbonyl (C=O) groups is 1. The van der Waals surface area contributed by atoms with Gasteiger partial charge in [-0.05, 0) is 43.9 Å². The van der Waals surface area contributed by atoms with Gasteiger partial charge in [-0.3, -0.25) is 4.79 Å². The number of halogens is 5. The maximum absolute atomic E-state index is 13.6. The van der Waals surface area contributed by atoms with Crippen molar-refractivity contribution >= 4 is 18.3 Å². The van der Waals surface area contributed by atoms with Crippen LogP contribution in [-0.4, -0.2) is 18.0 Å². The molecule has 1 aliphatic carbocycles. The summed E-state index contributed by atoms with van der Waals surface area (Å²) in [4.78, 5) is 12.1. The van der Waals surface area contributed by atoms with Crippen molar-refractivity contribution < 1.29 is 22.4 Å². The van der Waals surface area contributed by atoms with Crippen LogP contribution >= 0.6 is 12.4 Å². The van der Waals surface area contributed by atoms with E-state index in [1.54, 1.807) is 6.92 Å². The van der Waals surface area contributed by atoms with Gasteiger partial charge in [0.25, 0.3) is 5.91 Å². The predicted octanol–water partition coefficient (Wildman–Crippen LogP) is 3.12. The fourth-order valence-electron chi connectivity index (χ4n) is 2.24. The molecule has 2 rings (SSSR count). The number of alkyl halides is 3. The van der Waals surface area contributed by atoms with Crippen molar-refractivity contribution in [1.29, 1.82) is 0 Å². The van der Waals surface area contributed by atoms with Gasteiger partial charge in [0.05, 0.1) is 16.7 Å². The van der Waals surface area contributed by atoms with Crippen LogP contribution in [0, 0.1) is 11.7 Å². The second kappa shape index (κ2) is 6.42. The lowest BCUT2D eigenvalue weighted by Crippen LogP contribution is -2.53. The lowest BCUT2D eigenvalue weighted by Gasteiger charge is -2.29. The van der Waals surface area contributed by atoms with Crippen LogP contribution in [0.5, 0.6) is 0 Å². The number of hydrogen-bond donors (Lipinski definition) is 2. The van der Waals surface area contributed by atoms with Gasteiger partial charge in [-0.25, -0.2) is 4.39 Å². The lowest BCUT2D eigenvalue weighted by molar-refractivity contribution is -0.137. The summed E-state index contributed by atoms with van der Waals surface area (Å²) in [6.45, 7) is 1.86. The molecule has 1 aliphatic rings. The van der Waals surface area contributed by atoms with Crippen molar-refractivity contribution in [2.45, 2.75) is 31.5 Å². The van der Waals surface area contributed by atoms with Crippen molar-refractivity contribution in [1.82, 2.24) is 5.32 Å². The number of rotatable bonds is 4. The minimum absolute atomic E-state index is 0. The highest BCUT2D eigenvalue weighted by Crippen LogP contribution is 2.39. The van der Waals surface area contributed by atoms with Crippen LogP contribution in [0.15, 0.2) is 18.2 Å². The van der Waals surface area contributed by atoms with Gasteiger partial charge >= 0.3 is 6.18 Å². The first-order chi connectivity index (χ1) is 9.67. The molecule has 8 heteroatoms. The summed E-state index contributed by atoms with van der Waals surface area (Å²) < 4.78 is 51.5. The number of hydrogen-bond acceptors (Lipinski definition) is 2. The van der Waals surface area contributed by atoms with E-state index in [4.69, 9.17) is 5.73 Å². The largest absolute Gasteiger partial charge is 0.416 e. The quantitative estimate of drug-likeness (QED) is 0.827. The fraction of sp³-hybridized carbons (Fsp3) is 0.500. The van der Waals surface area contributed by atoms with Crippen LogP contribution in [0.1, 0.15) is 35.7 Å². The molecule has 3 N–H and O–H groups in total. The Morgan fingerprint density at radius 1 is 1.36 bits per heavy atom. The Bertz CT molecular complexity index is 560. The van der Waals surface area contributed by atoms with Gasteiger partial charge in [-0.1, -0.05) is 0 Å². The van der Waals surface area contributed by atoms with E-state index in [0.717, 1.165) is 12.8 Å². The molecular weight excluding hydrogens is 324 g/mol. The highest BCUT2D eigenvalue weighted by atomic mass is 35.5. The number of carbonyl (C=O) groups excluding carboxylic acids is 1. The standard InChI is InChI=1S/C14H16F4N2O.ClH/c1-13(7-19,8-2-3-8)20-12(21)10-6-9(14(16,17)18)4-5-11(10)15;/h4-6,8H,2-3,7,19H2,1H3,(H,20,21);1H. The van der Waals surface area contributed by atoms with Crippen LogP contribution in [0.4, 0.5) is 17.6 Å². The van der Waals surface area contributed by atoms with E-state index < -0.39 is 34.6 Å². The Morgan fingerprint density at radius 2 is 1.95 bits per heavy atom. The van der Waals surface area contributed by atoms with E-state index in [0.29, 0.717) is 18.2 Å². The summed E-state index contributed by atoms with van der Waals surface area (Å²) in [7, 11) is 0. The van der Waals surface area contributed by atoms with E-state index in [1.807, 2.05) is 0 Å². The fourth-order valence-corrected chi connectivity index (χ4v) is 2.24. The van der Waals surface area contributed by atoms with Crippen LogP contribution in [0.25, 0.3) is 0 Å². The molecule has 22 heavy (non-hydrogen) atoms. The first-order valence-electron chi connectivity index (χ1n) is 6.57. The molecule has 0 aromatic heterocycles. The van der Waals surface area contributed by atoms with Gasteiger partial charge in [0.2, 0.25) is 0 Å². The van der Waals surface area contributed by atoms with Crippen LogP contribution < -0.4 is 11.1 Å². The van der Waals surface area contributed by atoms with E-state index in [2.05, 4.69) is 5.32 Å². The Morgan fingerprint density at radius 3 is 2.41 bits per heavy atom. The normalized spacial score (nSPS) is 17.4. The monoisotopic (exact) mass is 340 g/mol. The van der Waals surface area contributed by atoms with Crippen molar-refractivity contribution in [3.8, 4) is 0 Å². The summed E-state index contributed by atoms with van der Waals surface area (Å²) in [6.07, 6.45) is -2.85. The second-order valence-corrected chi connectivity index (χ2v) is 5.54. The summed E-state index contributed by atoms with van der Waals surface area (Å²) >= 11 is 0. The minimum Gasteiger partial charge on any atom is -0.345 e. The molecule has 0 saturated heterocycles. The number of nitrogens with two attached hydrogens (primary N) is 1. The molecule has 1 aromatic rings. The molecule has 0 spiro atoms. The van der Waals surface area contributed by atoms with Crippen LogP contribution in [0.2, 0.25) is 0 Å². The van der Waals surface area contributed by atoms with Crippen molar-refractivity contribution in [2.24, 2.45) is 11.7 Å². The topological polar surface area (TPSA) is 55.1 Å². The number of amides is 1. The molecule has 1 saturated carbocycles. The van der Waals surface area contributed by atoms with Crippen molar-refractivity contribution in [2.75, 3.05) is 6.54 Å². The summed E-state index contributed by atoms with van der Waals surface area (Å²) in [6, 6.07) is 1.78. The Balaban J connectivity index is 0.00000242. The molecular formula is C14H17ClF4N2O. The molecule has 0 radical (unpaired) electrons. The third-order valence-corrected chi connectivity index (χ3v) is 3.84. The maximum Gasteiger partial charge on any atom is 0.416 e. The number of nitrogens with one attached hydrogen (secondary N) is 1. The van der Waals surface area contributed by atoms with Crippen LogP contribution in [0.3, 0.4) is 0 Å². The smallest absolute Gasteiger partial charge is 0.345 e. The van der Waals surface area contributed by atoms with Gasteiger partial charge in [-0.2, -0.15) is 13.2 Å². The molecule has 0 aliphatic heterocycles. The summed E-state index contributed by atoms with van der Waals surface area (Å²) in [5.41, 5.74) is 3.22. The molecule has 1 atom stereocenters. The van der Waals surface area contributed by atoms with Gasteiger partial charge in [-0.15, -0.1) is 12.4 Å². The summed E-state index contributed by atoms with van der Waals surface area (Å²) in [5, 5.41) is 2.57. The number of benzene rings is 1. The SMILES string of the molecule is CC(CN)(NC(=O)c1cc(C(F)(F)F)ccc1F)C1CC1.Cl. The third-order valence-electron chi connectivity index (χ3n) is 3.84. The molecule has 1 fully saturated rings. The zero-order chi connectivity index (χ0) is 15.8.